The van der Waals surface area contributed by atoms with Gasteiger partial charge < -0.3 is 16.2 Å². The van der Waals surface area contributed by atoms with Crippen LogP contribution >= 0.6 is 11.6 Å². The van der Waals surface area contributed by atoms with E-state index in [1.165, 1.54) is 25.1 Å². The Hall–Kier alpha value is -2.94. The lowest BCUT2D eigenvalue weighted by Gasteiger charge is -2.38. The molecule has 2 aromatic rings. The van der Waals surface area contributed by atoms with Crippen molar-refractivity contribution in [1.29, 1.82) is 0 Å². The molecule has 192 valence electrons. The van der Waals surface area contributed by atoms with Crippen LogP contribution in [0.3, 0.4) is 0 Å². The van der Waals surface area contributed by atoms with Crippen molar-refractivity contribution in [2.75, 3.05) is 10.7 Å². The van der Waals surface area contributed by atoms with Gasteiger partial charge in [-0.1, -0.05) is 23.7 Å². The van der Waals surface area contributed by atoms with Gasteiger partial charge in [-0.15, -0.1) is 3.89 Å². The molecule has 0 unspecified atom stereocenters. The summed E-state index contributed by atoms with van der Waals surface area (Å²) in [5.41, 5.74) is 12.0. The highest BCUT2D eigenvalue weighted by Crippen LogP contribution is 2.34. The summed E-state index contributed by atoms with van der Waals surface area (Å²) in [6.45, 7) is 5.02. The van der Waals surface area contributed by atoms with Gasteiger partial charge in [0.2, 0.25) is 11.9 Å². The first-order valence-electron chi connectivity index (χ1n) is 9.94. The fraction of sp³-hybridized carbons (Fsp3) is 0.300. The van der Waals surface area contributed by atoms with Crippen LogP contribution in [0.2, 0.25) is 5.02 Å². The van der Waals surface area contributed by atoms with Crippen molar-refractivity contribution >= 4 is 49.5 Å². The molecule has 0 aliphatic carbocycles. The molecule has 2 aromatic carbocycles. The maximum absolute atomic E-state index is 13.1. The van der Waals surface area contributed by atoms with Gasteiger partial charge in [-0.3, -0.25) is 9.45 Å². The molecule has 1 aliphatic heterocycles. The Labute approximate surface area is 208 Å². The van der Waals surface area contributed by atoms with Crippen LogP contribution in [0.5, 0.6) is 5.75 Å². The van der Waals surface area contributed by atoms with Gasteiger partial charge in [-0.25, -0.2) is 4.99 Å². The molecule has 35 heavy (non-hydrogen) atoms. The van der Waals surface area contributed by atoms with Crippen LogP contribution in [0.25, 0.3) is 0 Å². The van der Waals surface area contributed by atoms with E-state index in [-0.39, 0.29) is 24.3 Å². The zero-order chi connectivity index (χ0) is 26.6. The molecule has 3 rings (SSSR count). The van der Waals surface area contributed by atoms with E-state index in [4.69, 9.17) is 32.4 Å². The van der Waals surface area contributed by atoms with Crippen LogP contribution in [0.1, 0.15) is 26.3 Å². The monoisotopic (exact) mass is 549 g/mol. The minimum atomic E-state index is -4.78. The minimum Gasteiger partial charge on any atom is -0.487 e. The van der Waals surface area contributed by atoms with E-state index in [0.29, 0.717) is 22.0 Å². The predicted octanol–water partition coefficient (Wildman–Crippen LogP) is 2.66. The molecule has 1 aliphatic rings. The summed E-state index contributed by atoms with van der Waals surface area (Å²) in [4.78, 5) is 9.51. The molecule has 0 bridgehead atoms. The average Bonchev–Trinajstić information content (AvgIpc) is 2.71. The summed E-state index contributed by atoms with van der Waals surface area (Å²) in [7, 11) is -8.45. The number of hydrogen-bond acceptors (Lipinski definition) is 10. The van der Waals surface area contributed by atoms with Crippen molar-refractivity contribution in [3.8, 4) is 5.75 Å². The Balaban J connectivity index is 0.000000641. The third-order valence-corrected chi connectivity index (χ3v) is 6.35. The topological polar surface area (TPSA) is 178 Å². The fourth-order valence-corrected chi connectivity index (χ4v) is 3.71. The zero-order valence-corrected chi connectivity index (χ0v) is 21.4. The number of nitrogens with two attached hydrogens (primary N) is 2. The number of anilines is 1. The Kier molecular flexibility index (Phi) is 8.70. The standard InChI is InChI=1S/C18H19ClFN5O3S.C2H6O3S/c1-18(2)24-16(21)23-17(22)25(18)12-6-7-15(14(19)9-12)28-10-11-4-3-5-13(8-11)29(20,26)27;1-2-6(3,4)5/h3-9H,10H2,1-2H3,(H4,21,22,23,24);2H2,1H3,(H,3,4,5). The second-order valence-corrected chi connectivity index (χ2v) is 11.1. The summed E-state index contributed by atoms with van der Waals surface area (Å²) >= 11 is 6.34. The highest BCUT2D eigenvalue weighted by Gasteiger charge is 2.33. The summed E-state index contributed by atoms with van der Waals surface area (Å²) in [5.74, 6) is 0.425. The summed E-state index contributed by atoms with van der Waals surface area (Å²) < 4.78 is 67.8. The Morgan fingerprint density at radius 3 is 2.29 bits per heavy atom. The van der Waals surface area contributed by atoms with Crippen LogP contribution in [-0.4, -0.2) is 44.7 Å². The lowest BCUT2D eigenvalue weighted by Crippen LogP contribution is -2.54. The van der Waals surface area contributed by atoms with E-state index in [2.05, 4.69) is 9.98 Å². The van der Waals surface area contributed by atoms with Gasteiger partial charge in [0.25, 0.3) is 10.1 Å². The summed E-state index contributed by atoms with van der Waals surface area (Å²) in [5, 5.41) is 0.294. The second kappa shape index (κ2) is 10.8. The lowest BCUT2D eigenvalue weighted by atomic mass is 10.1. The van der Waals surface area contributed by atoms with E-state index in [0.717, 1.165) is 0 Å². The normalized spacial score (nSPS) is 15.4. The van der Waals surface area contributed by atoms with Crippen LogP contribution in [0.4, 0.5) is 9.57 Å². The number of hydrogen-bond donors (Lipinski definition) is 3. The van der Waals surface area contributed by atoms with Crippen molar-refractivity contribution in [3.63, 3.8) is 0 Å². The summed E-state index contributed by atoms with van der Waals surface area (Å²) in [6, 6.07) is 10.4. The van der Waals surface area contributed by atoms with Gasteiger partial charge in [0.15, 0.2) is 0 Å². The van der Waals surface area contributed by atoms with Crippen LogP contribution < -0.4 is 21.1 Å². The third-order valence-electron chi connectivity index (χ3n) is 4.51. The van der Waals surface area contributed by atoms with Gasteiger partial charge in [0, 0.05) is 5.69 Å². The molecule has 0 amide bonds. The molecule has 0 saturated carbocycles. The molecule has 0 atom stereocenters. The molecule has 0 aromatic heterocycles. The van der Waals surface area contributed by atoms with Gasteiger partial charge in [0.1, 0.15) is 18.0 Å². The van der Waals surface area contributed by atoms with E-state index in [1.54, 1.807) is 29.2 Å². The van der Waals surface area contributed by atoms with Crippen molar-refractivity contribution in [2.45, 2.75) is 37.9 Å². The highest BCUT2D eigenvalue weighted by molar-refractivity contribution is 7.86. The average molecular weight is 550 g/mol. The number of benzene rings is 2. The Morgan fingerprint density at radius 2 is 1.77 bits per heavy atom. The van der Waals surface area contributed by atoms with Crippen molar-refractivity contribution < 1.29 is 30.0 Å². The van der Waals surface area contributed by atoms with Crippen molar-refractivity contribution in [2.24, 2.45) is 21.5 Å². The van der Waals surface area contributed by atoms with Crippen molar-refractivity contribution in [3.05, 3.63) is 53.1 Å². The number of aliphatic imine (C=N–C) groups is 2. The number of nitrogens with zero attached hydrogens (tertiary/aromatic N) is 3. The first-order chi connectivity index (χ1) is 16.0. The highest BCUT2D eigenvalue weighted by atomic mass is 35.5. The number of guanidine groups is 2. The first-order valence-corrected chi connectivity index (χ1v) is 13.3. The lowest BCUT2D eigenvalue weighted by molar-refractivity contribution is 0.306. The van der Waals surface area contributed by atoms with Gasteiger partial charge in [-0.05, 0) is 56.7 Å². The van der Waals surface area contributed by atoms with E-state index >= 15 is 0 Å². The molecule has 15 heteroatoms. The molecule has 0 fully saturated rings. The van der Waals surface area contributed by atoms with Gasteiger partial charge in [-0.2, -0.15) is 21.8 Å². The second-order valence-electron chi connectivity index (χ2n) is 7.63. The van der Waals surface area contributed by atoms with E-state index < -0.39 is 30.9 Å². The van der Waals surface area contributed by atoms with Crippen LogP contribution in [0, 0.1) is 0 Å². The number of halogens is 2. The number of ether oxygens (including phenoxy) is 1. The van der Waals surface area contributed by atoms with E-state index in [1.807, 2.05) is 13.8 Å². The zero-order valence-electron chi connectivity index (χ0n) is 19.0. The summed E-state index contributed by atoms with van der Waals surface area (Å²) in [6.07, 6.45) is 0. The Bertz CT molecular complexity index is 1360. The molecular formula is C20H25ClFN5O6S2. The van der Waals surface area contributed by atoms with Crippen LogP contribution in [0.15, 0.2) is 57.3 Å². The SMILES string of the molecule is CC1(C)N=C(N)N=C(N)N1c1ccc(OCc2cccc(S(=O)(=O)F)c2)c(Cl)c1.CCS(=O)(=O)O. The minimum absolute atomic E-state index is 0.00204. The molecular weight excluding hydrogens is 525 g/mol. The molecule has 11 nitrogen and oxygen atoms in total. The van der Waals surface area contributed by atoms with Gasteiger partial charge >= 0.3 is 10.2 Å². The third kappa shape index (κ3) is 8.06. The molecule has 0 spiro atoms. The predicted molar refractivity (Wildman–Crippen MR) is 132 cm³/mol. The Morgan fingerprint density at radius 1 is 1.14 bits per heavy atom. The molecule has 0 saturated heterocycles. The van der Waals surface area contributed by atoms with E-state index in [9.17, 15) is 20.7 Å². The van der Waals surface area contributed by atoms with Crippen LogP contribution in [-0.2, 0) is 26.9 Å². The fourth-order valence-electron chi connectivity index (χ4n) is 2.95. The molecule has 1 heterocycles. The maximum Gasteiger partial charge on any atom is 0.332 e. The quantitative estimate of drug-likeness (QED) is 0.361. The maximum atomic E-state index is 13.1. The first kappa shape index (κ1) is 28.3. The van der Waals surface area contributed by atoms with Crippen molar-refractivity contribution in [1.82, 2.24) is 0 Å². The largest absolute Gasteiger partial charge is 0.487 e. The van der Waals surface area contributed by atoms with Gasteiger partial charge in [0.05, 0.1) is 15.7 Å². The molecule has 5 N–H and O–H groups in total. The smallest absolute Gasteiger partial charge is 0.332 e. The molecule has 0 radical (unpaired) electrons. The number of rotatable bonds is 6.